The molecule has 0 saturated carbocycles. The number of rotatable bonds is 6. The fourth-order valence-corrected chi connectivity index (χ4v) is 3.22. The highest BCUT2D eigenvalue weighted by Crippen LogP contribution is 2.29. The Morgan fingerprint density at radius 1 is 0.929 bits per heavy atom. The molecule has 0 bridgehead atoms. The molecule has 1 atom stereocenters. The van der Waals surface area contributed by atoms with Crippen molar-refractivity contribution >= 4 is 39.3 Å². The number of ketones is 1. The van der Waals surface area contributed by atoms with Crippen LogP contribution in [0.3, 0.4) is 0 Å². The summed E-state index contributed by atoms with van der Waals surface area (Å²) in [6.45, 7) is 1.59. The first-order valence-electron chi connectivity index (χ1n) is 8.47. The van der Waals surface area contributed by atoms with Crippen molar-refractivity contribution in [3.63, 3.8) is 0 Å². The zero-order valence-electron chi connectivity index (χ0n) is 14.9. The predicted octanol–water partition coefficient (Wildman–Crippen LogP) is 5.71. The Morgan fingerprint density at radius 2 is 1.57 bits per heavy atom. The quantitative estimate of drug-likeness (QED) is 0.269. The third-order valence-electron chi connectivity index (χ3n) is 3.90. The lowest BCUT2D eigenvalue weighted by Crippen LogP contribution is -2.28. The standard InChI is InChI=1S/C22H16BrClO4/c1-14(27-20-12-9-17(24)13-19(20)23)22(26)28-18-10-7-16(8-11-18)21(25)15-5-3-2-4-6-15/h2-14H,1H3. The average Bonchev–Trinajstić information content (AvgIpc) is 2.70. The number of carbonyl (C=O) groups excluding carboxylic acids is 2. The summed E-state index contributed by atoms with van der Waals surface area (Å²) in [6.07, 6.45) is -0.830. The van der Waals surface area contributed by atoms with Crippen LogP contribution in [0, 0.1) is 0 Å². The maximum absolute atomic E-state index is 12.4. The van der Waals surface area contributed by atoms with Crippen molar-refractivity contribution in [1.82, 2.24) is 0 Å². The minimum atomic E-state index is -0.830. The van der Waals surface area contributed by atoms with Gasteiger partial charge in [-0.15, -0.1) is 0 Å². The molecule has 0 radical (unpaired) electrons. The monoisotopic (exact) mass is 458 g/mol. The lowest BCUT2D eigenvalue weighted by atomic mass is 10.0. The lowest BCUT2D eigenvalue weighted by molar-refractivity contribution is -0.141. The Labute approximate surface area is 176 Å². The van der Waals surface area contributed by atoms with Crippen molar-refractivity contribution in [1.29, 1.82) is 0 Å². The molecule has 4 nitrogen and oxygen atoms in total. The molecule has 0 amide bonds. The number of halogens is 2. The van der Waals surface area contributed by atoms with Gasteiger partial charge in [0, 0.05) is 16.1 Å². The largest absolute Gasteiger partial charge is 0.478 e. The first-order valence-corrected chi connectivity index (χ1v) is 9.64. The molecule has 0 aromatic heterocycles. The third kappa shape index (κ3) is 5.00. The molecule has 0 saturated heterocycles. The molecule has 3 aromatic rings. The number of hydrogen-bond acceptors (Lipinski definition) is 4. The minimum Gasteiger partial charge on any atom is -0.478 e. The van der Waals surface area contributed by atoms with Crippen LogP contribution >= 0.6 is 27.5 Å². The summed E-state index contributed by atoms with van der Waals surface area (Å²) in [4.78, 5) is 24.7. The van der Waals surface area contributed by atoms with Crippen LogP contribution in [0.5, 0.6) is 11.5 Å². The van der Waals surface area contributed by atoms with Gasteiger partial charge in [0.15, 0.2) is 11.9 Å². The molecule has 0 spiro atoms. The molecule has 0 fully saturated rings. The van der Waals surface area contributed by atoms with Gasteiger partial charge in [-0.2, -0.15) is 0 Å². The molecule has 28 heavy (non-hydrogen) atoms. The van der Waals surface area contributed by atoms with Crippen LogP contribution in [0.1, 0.15) is 22.8 Å². The van der Waals surface area contributed by atoms with Crippen LogP contribution in [-0.4, -0.2) is 17.9 Å². The molecular weight excluding hydrogens is 444 g/mol. The first-order chi connectivity index (χ1) is 13.4. The Balaban J connectivity index is 1.63. The molecule has 3 aromatic carbocycles. The van der Waals surface area contributed by atoms with E-state index < -0.39 is 12.1 Å². The van der Waals surface area contributed by atoms with E-state index in [2.05, 4.69) is 15.9 Å². The second-order valence-electron chi connectivity index (χ2n) is 5.98. The van der Waals surface area contributed by atoms with Gasteiger partial charge >= 0.3 is 5.97 Å². The topological polar surface area (TPSA) is 52.6 Å². The number of carbonyl (C=O) groups is 2. The van der Waals surface area contributed by atoms with Gasteiger partial charge in [0.25, 0.3) is 0 Å². The smallest absolute Gasteiger partial charge is 0.352 e. The van der Waals surface area contributed by atoms with Gasteiger partial charge in [0.2, 0.25) is 0 Å². The predicted molar refractivity (Wildman–Crippen MR) is 111 cm³/mol. The van der Waals surface area contributed by atoms with Crippen LogP contribution in [0.25, 0.3) is 0 Å². The van der Waals surface area contributed by atoms with Crippen molar-refractivity contribution < 1.29 is 19.1 Å². The number of benzene rings is 3. The van der Waals surface area contributed by atoms with E-state index in [0.717, 1.165) is 0 Å². The fourth-order valence-electron chi connectivity index (χ4n) is 2.44. The van der Waals surface area contributed by atoms with E-state index in [0.29, 0.717) is 32.1 Å². The van der Waals surface area contributed by atoms with E-state index in [1.165, 1.54) is 0 Å². The zero-order chi connectivity index (χ0) is 20.1. The summed E-state index contributed by atoms with van der Waals surface area (Å²) in [5, 5.41) is 0.555. The SMILES string of the molecule is CC(Oc1ccc(Cl)cc1Br)C(=O)Oc1ccc(C(=O)c2ccccc2)cc1. The van der Waals surface area contributed by atoms with Crippen LogP contribution in [0.2, 0.25) is 5.02 Å². The third-order valence-corrected chi connectivity index (χ3v) is 4.76. The molecule has 0 aliphatic carbocycles. The summed E-state index contributed by atoms with van der Waals surface area (Å²) in [5.74, 6) is 0.171. The summed E-state index contributed by atoms with van der Waals surface area (Å²) in [7, 11) is 0. The van der Waals surface area contributed by atoms with Gasteiger partial charge in [-0.25, -0.2) is 4.79 Å². The normalized spacial score (nSPS) is 11.5. The van der Waals surface area contributed by atoms with Crippen LogP contribution in [0.4, 0.5) is 0 Å². The van der Waals surface area contributed by atoms with E-state index in [1.54, 1.807) is 61.5 Å². The van der Waals surface area contributed by atoms with E-state index in [4.69, 9.17) is 21.1 Å². The number of ether oxygens (including phenoxy) is 2. The lowest BCUT2D eigenvalue weighted by Gasteiger charge is -2.15. The Kier molecular flexibility index (Phi) is 6.49. The first kappa shape index (κ1) is 20.1. The Bertz CT molecular complexity index is 987. The van der Waals surface area contributed by atoms with Crippen LogP contribution < -0.4 is 9.47 Å². The number of esters is 1. The van der Waals surface area contributed by atoms with Crippen molar-refractivity contribution in [2.24, 2.45) is 0 Å². The van der Waals surface area contributed by atoms with Gasteiger partial charge in [0.05, 0.1) is 4.47 Å². The molecule has 142 valence electrons. The minimum absolute atomic E-state index is 0.0947. The molecule has 1 unspecified atom stereocenters. The summed E-state index contributed by atoms with van der Waals surface area (Å²) >= 11 is 9.24. The second kappa shape index (κ2) is 9.04. The van der Waals surface area contributed by atoms with Gasteiger partial charge in [-0.3, -0.25) is 4.79 Å². The van der Waals surface area contributed by atoms with Gasteiger partial charge in [-0.1, -0.05) is 41.9 Å². The summed E-state index contributed by atoms with van der Waals surface area (Å²) in [5.41, 5.74) is 1.11. The maximum atomic E-state index is 12.4. The van der Waals surface area contributed by atoms with E-state index >= 15 is 0 Å². The molecular formula is C22H16BrClO4. The Hall–Kier alpha value is -2.63. The highest BCUT2D eigenvalue weighted by Gasteiger charge is 2.19. The molecule has 0 aliphatic rings. The fraction of sp³-hybridized carbons (Fsp3) is 0.0909. The molecule has 3 rings (SSSR count). The zero-order valence-corrected chi connectivity index (χ0v) is 17.2. The van der Waals surface area contributed by atoms with Crippen LogP contribution in [-0.2, 0) is 4.79 Å². The van der Waals surface area contributed by atoms with Gasteiger partial charge in [-0.05, 0) is 65.3 Å². The highest BCUT2D eigenvalue weighted by atomic mass is 79.9. The van der Waals surface area contributed by atoms with Crippen molar-refractivity contribution in [2.45, 2.75) is 13.0 Å². The van der Waals surface area contributed by atoms with Crippen LogP contribution in [0.15, 0.2) is 77.3 Å². The summed E-state index contributed by atoms with van der Waals surface area (Å²) < 4.78 is 11.6. The van der Waals surface area contributed by atoms with E-state index in [-0.39, 0.29) is 5.78 Å². The van der Waals surface area contributed by atoms with Gasteiger partial charge in [0.1, 0.15) is 11.5 Å². The Morgan fingerprint density at radius 3 is 2.21 bits per heavy atom. The van der Waals surface area contributed by atoms with Crippen molar-refractivity contribution in [3.8, 4) is 11.5 Å². The van der Waals surface area contributed by atoms with Crippen molar-refractivity contribution in [2.75, 3.05) is 0 Å². The van der Waals surface area contributed by atoms with E-state index in [1.807, 2.05) is 18.2 Å². The molecule has 6 heteroatoms. The van der Waals surface area contributed by atoms with Crippen molar-refractivity contribution in [3.05, 3.63) is 93.4 Å². The maximum Gasteiger partial charge on any atom is 0.352 e. The van der Waals surface area contributed by atoms with E-state index in [9.17, 15) is 9.59 Å². The molecule has 0 heterocycles. The summed E-state index contributed by atoms with van der Waals surface area (Å²) in [6, 6.07) is 20.4. The molecule has 0 N–H and O–H groups in total. The average molecular weight is 460 g/mol. The second-order valence-corrected chi connectivity index (χ2v) is 7.27. The highest BCUT2D eigenvalue weighted by molar-refractivity contribution is 9.10. The number of hydrogen-bond donors (Lipinski definition) is 0. The van der Waals surface area contributed by atoms with Gasteiger partial charge < -0.3 is 9.47 Å². The molecule has 0 aliphatic heterocycles.